The number of aryl methyl sites for hydroxylation is 2. The van der Waals surface area contributed by atoms with Crippen LogP contribution in [0.2, 0.25) is 0 Å². The van der Waals surface area contributed by atoms with Gasteiger partial charge in [0.1, 0.15) is 5.76 Å². The average molecular weight is 218 g/mol. The molecule has 1 unspecified atom stereocenters. The van der Waals surface area contributed by atoms with E-state index in [0.29, 0.717) is 0 Å². The van der Waals surface area contributed by atoms with Gasteiger partial charge in [-0.1, -0.05) is 0 Å². The van der Waals surface area contributed by atoms with E-state index in [1.807, 2.05) is 26.0 Å². The summed E-state index contributed by atoms with van der Waals surface area (Å²) in [6.07, 6.45) is 4.25. The molecular formula is C13H18N2O. The van der Waals surface area contributed by atoms with Gasteiger partial charge in [0.05, 0.1) is 12.6 Å². The molecule has 0 spiro atoms. The van der Waals surface area contributed by atoms with Gasteiger partial charge in [0.25, 0.3) is 0 Å². The fraction of sp³-hybridized carbons (Fsp3) is 0.462. The number of pyridine rings is 1. The Morgan fingerprint density at radius 2 is 2.00 bits per heavy atom. The molecule has 0 aromatic carbocycles. The zero-order valence-electron chi connectivity index (χ0n) is 9.86. The zero-order valence-corrected chi connectivity index (χ0v) is 9.86. The molecule has 86 valence electrons. The number of hydrogen-bond acceptors (Lipinski definition) is 3. The molecule has 0 radical (unpaired) electrons. The minimum Gasteiger partial charge on any atom is -0.496 e. The number of nitrogens with zero attached hydrogens (tertiary/aromatic N) is 1. The normalized spacial score (nSPS) is 17.6. The van der Waals surface area contributed by atoms with Crippen molar-refractivity contribution in [3.05, 3.63) is 40.9 Å². The summed E-state index contributed by atoms with van der Waals surface area (Å²) < 4.78 is 5.59. The van der Waals surface area contributed by atoms with E-state index in [9.17, 15) is 0 Å². The molecule has 0 amide bonds. The van der Waals surface area contributed by atoms with Crippen molar-refractivity contribution in [2.24, 2.45) is 5.73 Å². The van der Waals surface area contributed by atoms with Crippen LogP contribution in [-0.2, 0) is 4.74 Å². The van der Waals surface area contributed by atoms with Crippen molar-refractivity contribution in [1.29, 1.82) is 0 Å². The lowest BCUT2D eigenvalue weighted by molar-refractivity contribution is 0.176. The van der Waals surface area contributed by atoms with Crippen LogP contribution in [-0.4, -0.2) is 11.6 Å². The summed E-state index contributed by atoms with van der Waals surface area (Å²) in [5.41, 5.74) is 9.27. The lowest BCUT2D eigenvalue weighted by Gasteiger charge is -2.21. The highest BCUT2D eigenvalue weighted by molar-refractivity contribution is 5.28. The van der Waals surface area contributed by atoms with E-state index in [-0.39, 0.29) is 6.04 Å². The molecule has 1 aliphatic rings. The first-order valence-electron chi connectivity index (χ1n) is 5.70. The van der Waals surface area contributed by atoms with Crippen LogP contribution in [0.15, 0.2) is 24.0 Å². The van der Waals surface area contributed by atoms with Gasteiger partial charge in [-0.15, -0.1) is 0 Å². The molecule has 2 heterocycles. The summed E-state index contributed by atoms with van der Waals surface area (Å²) in [6.45, 7) is 4.75. The predicted octanol–water partition coefficient (Wildman–Crippen LogP) is 2.39. The first-order chi connectivity index (χ1) is 7.66. The number of ether oxygens (including phenoxy) is 1. The third-order valence-corrected chi connectivity index (χ3v) is 2.73. The van der Waals surface area contributed by atoms with Gasteiger partial charge >= 0.3 is 0 Å². The van der Waals surface area contributed by atoms with E-state index in [2.05, 4.69) is 11.1 Å². The zero-order chi connectivity index (χ0) is 11.5. The quantitative estimate of drug-likeness (QED) is 0.829. The van der Waals surface area contributed by atoms with Gasteiger partial charge in [-0.25, -0.2) is 0 Å². The van der Waals surface area contributed by atoms with E-state index in [4.69, 9.17) is 10.5 Å². The molecule has 1 aromatic rings. The molecule has 3 heteroatoms. The fourth-order valence-electron chi connectivity index (χ4n) is 2.00. The largest absolute Gasteiger partial charge is 0.496 e. The Hall–Kier alpha value is -1.35. The Bertz CT molecular complexity index is 392. The summed E-state index contributed by atoms with van der Waals surface area (Å²) >= 11 is 0. The van der Waals surface area contributed by atoms with Crippen molar-refractivity contribution in [2.75, 3.05) is 6.61 Å². The van der Waals surface area contributed by atoms with Crippen LogP contribution < -0.4 is 5.73 Å². The lowest BCUT2D eigenvalue weighted by Crippen LogP contribution is -2.18. The van der Waals surface area contributed by atoms with Crippen molar-refractivity contribution in [2.45, 2.75) is 32.7 Å². The third-order valence-electron chi connectivity index (χ3n) is 2.73. The van der Waals surface area contributed by atoms with Crippen LogP contribution in [0.3, 0.4) is 0 Å². The van der Waals surface area contributed by atoms with E-state index < -0.39 is 0 Å². The van der Waals surface area contributed by atoms with Gasteiger partial charge in [0, 0.05) is 11.4 Å². The number of aromatic nitrogens is 1. The monoisotopic (exact) mass is 218 g/mol. The maximum Gasteiger partial charge on any atom is 0.113 e. The average Bonchev–Trinajstić information content (AvgIpc) is 2.28. The van der Waals surface area contributed by atoms with Crippen LogP contribution in [0.5, 0.6) is 0 Å². The van der Waals surface area contributed by atoms with Crippen molar-refractivity contribution in [3.8, 4) is 0 Å². The maximum absolute atomic E-state index is 6.19. The predicted molar refractivity (Wildman–Crippen MR) is 63.9 cm³/mol. The molecule has 1 aliphatic heterocycles. The van der Waals surface area contributed by atoms with Crippen LogP contribution in [0.4, 0.5) is 0 Å². The molecule has 1 atom stereocenters. The third kappa shape index (κ3) is 2.42. The Morgan fingerprint density at radius 1 is 1.31 bits per heavy atom. The molecular weight excluding hydrogens is 200 g/mol. The number of nitrogens with two attached hydrogens (primary N) is 1. The van der Waals surface area contributed by atoms with Gasteiger partial charge in [0.15, 0.2) is 0 Å². The highest BCUT2D eigenvalue weighted by atomic mass is 16.5. The first kappa shape index (κ1) is 11.1. The second-order valence-corrected chi connectivity index (χ2v) is 4.26. The minimum absolute atomic E-state index is 0.152. The Labute approximate surface area is 96.3 Å². The summed E-state index contributed by atoms with van der Waals surface area (Å²) in [5, 5.41) is 0. The van der Waals surface area contributed by atoms with Crippen molar-refractivity contribution in [1.82, 2.24) is 4.98 Å². The highest BCUT2D eigenvalue weighted by Crippen LogP contribution is 2.24. The van der Waals surface area contributed by atoms with Gasteiger partial charge in [-0.3, -0.25) is 4.98 Å². The molecule has 16 heavy (non-hydrogen) atoms. The molecule has 2 rings (SSSR count). The number of allylic oxidation sites excluding steroid dienone is 1. The SMILES string of the molecule is Cc1cc(C(N)C2=CCCCO2)cc(C)n1. The van der Waals surface area contributed by atoms with Crippen molar-refractivity contribution < 1.29 is 4.74 Å². The van der Waals surface area contributed by atoms with E-state index in [0.717, 1.165) is 42.2 Å². The standard InChI is InChI=1S/C13H18N2O/c1-9-7-11(8-10(2)15-9)13(14)12-5-3-4-6-16-12/h5,7-8,13H,3-4,6,14H2,1-2H3. The molecule has 0 saturated heterocycles. The van der Waals surface area contributed by atoms with Crippen LogP contribution >= 0.6 is 0 Å². The topological polar surface area (TPSA) is 48.1 Å². The van der Waals surface area contributed by atoms with Crippen molar-refractivity contribution in [3.63, 3.8) is 0 Å². The highest BCUT2D eigenvalue weighted by Gasteiger charge is 2.16. The molecule has 3 nitrogen and oxygen atoms in total. The molecule has 0 fully saturated rings. The molecule has 0 saturated carbocycles. The Morgan fingerprint density at radius 3 is 2.56 bits per heavy atom. The lowest BCUT2D eigenvalue weighted by atomic mass is 10.0. The fourth-order valence-corrected chi connectivity index (χ4v) is 2.00. The van der Waals surface area contributed by atoms with E-state index in [1.54, 1.807) is 0 Å². The summed E-state index contributed by atoms with van der Waals surface area (Å²) in [5.74, 6) is 0.899. The molecule has 0 bridgehead atoms. The summed E-state index contributed by atoms with van der Waals surface area (Å²) in [7, 11) is 0. The van der Waals surface area contributed by atoms with Crippen LogP contribution in [0.1, 0.15) is 35.8 Å². The smallest absolute Gasteiger partial charge is 0.113 e. The van der Waals surface area contributed by atoms with Gasteiger partial charge in [-0.05, 0) is 50.5 Å². The summed E-state index contributed by atoms with van der Waals surface area (Å²) in [4.78, 5) is 4.35. The molecule has 1 aromatic heterocycles. The van der Waals surface area contributed by atoms with Gasteiger partial charge in [-0.2, -0.15) is 0 Å². The summed E-state index contributed by atoms with van der Waals surface area (Å²) in [6, 6.07) is 3.90. The van der Waals surface area contributed by atoms with Crippen molar-refractivity contribution >= 4 is 0 Å². The Kier molecular flexibility index (Phi) is 3.25. The first-order valence-corrected chi connectivity index (χ1v) is 5.70. The number of rotatable bonds is 2. The van der Waals surface area contributed by atoms with E-state index >= 15 is 0 Å². The van der Waals surface area contributed by atoms with Crippen LogP contribution in [0, 0.1) is 13.8 Å². The van der Waals surface area contributed by atoms with E-state index in [1.165, 1.54) is 0 Å². The second-order valence-electron chi connectivity index (χ2n) is 4.26. The number of hydrogen-bond donors (Lipinski definition) is 1. The van der Waals surface area contributed by atoms with Gasteiger partial charge in [0.2, 0.25) is 0 Å². The Balaban J connectivity index is 2.25. The molecule has 2 N–H and O–H groups in total. The minimum atomic E-state index is -0.152. The van der Waals surface area contributed by atoms with Gasteiger partial charge < -0.3 is 10.5 Å². The second kappa shape index (κ2) is 4.66. The maximum atomic E-state index is 6.19. The molecule has 0 aliphatic carbocycles. The van der Waals surface area contributed by atoms with Crippen LogP contribution in [0.25, 0.3) is 0 Å².